The Labute approximate surface area is 161 Å². The summed E-state index contributed by atoms with van der Waals surface area (Å²) in [5, 5.41) is 11.2. The first-order valence-electron chi connectivity index (χ1n) is 7.25. The quantitative estimate of drug-likeness (QED) is 0.562. The van der Waals surface area contributed by atoms with Crippen molar-refractivity contribution in [1.82, 2.24) is 4.98 Å². The van der Waals surface area contributed by atoms with Crippen LogP contribution in [0.1, 0.15) is 21.5 Å². The number of aromatic nitrogens is 1. The van der Waals surface area contributed by atoms with Gasteiger partial charge in [-0.25, -0.2) is 4.99 Å². The number of aliphatic imine (C=N–C) groups is 1. The summed E-state index contributed by atoms with van der Waals surface area (Å²) in [5.41, 5.74) is 3.01. The van der Waals surface area contributed by atoms with E-state index in [1.807, 2.05) is 24.3 Å². The van der Waals surface area contributed by atoms with Crippen molar-refractivity contribution in [3.63, 3.8) is 0 Å². The molecule has 0 aliphatic carbocycles. The van der Waals surface area contributed by atoms with Crippen LogP contribution in [0, 0.1) is 0 Å². The summed E-state index contributed by atoms with van der Waals surface area (Å²) in [6.07, 6.45) is 0. The second-order valence-electron chi connectivity index (χ2n) is 5.50. The molecule has 2 aromatic carbocycles. The van der Waals surface area contributed by atoms with Crippen molar-refractivity contribution in [3.05, 3.63) is 73.7 Å². The minimum atomic E-state index is -0.412. The number of aromatic amines is 1. The molecule has 2 heterocycles. The van der Waals surface area contributed by atoms with Crippen molar-refractivity contribution in [2.45, 2.75) is 0 Å². The van der Waals surface area contributed by atoms with Crippen LogP contribution in [-0.2, 0) is 0 Å². The first-order valence-corrected chi connectivity index (χ1v) is 8.80. The maximum atomic E-state index is 12.5. The Morgan fingerprint density at radius 3 is 2.32 bits per heavy atom. The van der Waals surface area contributed by atoms with Gasteiger partial charge in [0.25, 0.3) is 5.91 Å². The molecule has 0 bridgehead atoms. The van der Waals surface area contributed by atoms with E-state index in [-0.39, 0.29) is 5.88 Å². The fourth-order valence-corrected chi connectivity index (χ4v) is 3.39. The number of hydrogen-bond donors (Lipinski definition) is 2. The van der Waals surface area contributed by atoms with Gasteiger partial charge < -0.3 is 10.1 Å². The summed E-state index contributed by atoms with van der Waals surface area (Å²) in [6.45, 7) is 0. The lowest BCUT2D eigenvalue weighted by Crippen LogP contribution is -1.99. The standard InChI is InChI=1S/C18H9BrCl2N2O2/c19-10-4-1-8(2-5-10)15-13-14(18(25)22-15)16(23-17(13)24)9-3-6-11(20)12(21)7-9/h1-7,23-24H. The highest BCUT2D eigenvalue weighted by molar-refractivity contribution is 9.10. The fraction of sp³-hybridized carbons (Fsp3) is 0. The fourth-order valence-electron chi connectivity index (χ4n) is 2.83. The number of amides is 1. The molecule has 3 aromatic rings. The average Bonchev–Trinajstić information content (AvgIpc) is 3.10. The molecular formula is C18H9BrCl2N2O2. The first-order chi connectivity index (χ1) is 12.0. The summed E-state index contributed by atoms with van der Waals surface area (Å²) in [6, 6.07) is 12.4. The van der Waals surface area contributed by atoms with Gasteiger partial charge in [-0.2, -0.15) is 0 Å². The highest BCUT2D eigenvalue weighted by Gasteiger charge is 2.33. The van der Waals surface area contributed by atoms with Gasteiger partial charge in [0.05, 0.1) is 32.6 Å². The van der Waals surface area contributed by atoms with Gasteiger partial charge in [0.15, 0.2) is 5.88 Å². The number of fused-ring (bicyclic) bond motifs is 1. The van der Waals surface area contributed by atoms with Crippen molar-refractivity contribution >= 4 is 50.8 Å². The number of rotatable bonds is 2. The molecule has 4 rings (SSSR count). The summed E-state index contributed by atoms with van der Waals surface area (Å²) in [4.78, 5) is 19.5. The second-order valence-corrected chi connectivity index (χ2v) is 7.23. The number of H-pyrrole nitrogens is 1. The molecule has 0 saturated carbocycles. The van der Waals surface area contributed by atoms with Gasteiger partial charge in [-0.1, -0.05) is 57.3 Å². The van der Waals surface area contributed by atoms with Crippen LogP contribution in [0.25, 0.3) is 11.3 Å². The van der Waals surface area contributed by atoms with Crippen LogP contribution in [0.3, 0.4) is 0 Å². The molecule has 1 aliphatic rings. The number of nitrogens with zero attached hydrogens (tertiary/aromatic N) is 1. The maximum Gasteiger partial charge on any atom is 0.280 e. The Bertz CT molecular complexity index is 1060. The Kier molecular flexibility index (Phi) is 3.95. The van der Waals surface area contributed by atoms with E-state index in [0.717, 1.165) is 10.0 Å². The zero-order chi connectivity index (χ0) is 17.7. The van der Waals surface area contributed by atoms with Crippen LogP contribution in [0.4, 0.5) is 0 Å². The SMILES string of the molecule is O=C1N=C(c2ccc(Br)cc2)c2c(O)[nH]c(-c3ccc(Cl)c(Cl)c3)c21. The van der Waals surface area contributed by atoms with Crippen LogP contribution < -0.4 is 0 Å². The van der Waals surface area contributed by atoms with E-state index in [4.69, 9.17) is 23.2 Å². The Balaban J connectivity index is 1.88. The largest absolute Gasteiger partial charge is 0.494 e. The lowest BCUT2D eigenvalue weighted by atomic mass is 10.0. The van der Waals surface area contributed by atoms with Gasteiger partial charge in [0.2, 0.25) is 0 Å². The molecular weight excluding hydrogens is 427 g/mol. The molecule has 0 saturated heterocycles. The van der Waals surface area contributed by atoms with Gasteiger partial charge in [0, 0.05) is 15.6 Å². The highest BCUT2D eigenvalue weighted by Crippen LogP contribution is 2.39. The number of halogens is 3. The predicted octanol–water partition coefficient (Wildman–Crippen LogP) is 5.45. The molecule has 1 amide bonds. The minimum Gasteiger partial charge on any atom is -0.494 e. The number of benzene rings is 2. The molecule has 4 nitrogen and oxygen atoms in total. The van der Waals surface area contributed by atoms with Crippen LogP contribution in [0.15, 0.2) is 51.9 Å². The Hall–Kier alpha value is -2.08. The average molecular weight is 436 g/mol. The summed E-state index contributed by atoms with van der Waals surface area (Å²) < 4.78 is 0.913. The zero-order valence-corrected chi connectivity index (χ0v) is 15.6. The lowest BCUT2D eigenvalue weighted by molar-refractivity contribution is 0.101. The van der Waals surface area contributed by atoms with Crippen molar-refractivity contribution in [2.24, 2.45) is 4.99 Å². The topological polar surface area (TPSA) is 65.4 Å². The van der Waals surface area contributed by atoms with Crippen LogP contribution >= 0.6 is 39.1 Å². The molecule has 1 aliphatic heterocycles. The van der Waals surface area contributed by atoms with E-state index in [2.05, 4.69) is 25.9 Å². The van der Waals surface area contributed by atoms with Crippen LogP contribution in [0.2, 0.25) is 10.0 Å². The number of hydrogen-bond acceptors (Lipinski definition) is 2. The van der Waals surface area contributed by atoms with Gasteiger partial charge in [0.1, 0.15) is 0 Å². The summed E-state index contributed by atoms with van der Waals surface area (Å²) in [5.74, 6) is -0.519. The minimum absolute atomic E-state index is 0.108. The normalized spacial score (nSPS) is 13.1. The van der Waals surface area contributed by atoms with E-state index in [1.54, 1.807) is 18.2 Å². The molecule has 1 aromatic heterocycles. The molecule has 124 valence electrons. The van der Waals surface area contributed by atoms with Crippen molar-refractivity contribution in [1.29, 1.82) is 0 Å². The van der Waals surface area contributed by atoms with Crippen LogP contribution in [0.5, 0.6) is 5.88 Å². The molecule has 0 spiro atoms. The second kappa shape index (κ2) is 6.02. The molecule has 7 heteroatoms. The van der Waals surface area contributed by atoms with Gasteiger partial charge in [-0.3, -0.25) is 4.79 Å². The van der Waals surface area contributed by atoms with E-state index in [9.17, 15) is 9.90 Å². The molecule has 2 N–H and O–H groups in total. The highest BCUT2D eigenvalue weighted by atomic mass is 79.9. The van der Waals surface area contributed by atoms with Crippen molar-refractivity contribution in [2.75, 3.05) is 0 Å². The molecule has 0 fully saturated rings. The number of aromatic hydroxyl groups is 1. The van der Waals surface area contributed by atoms with Crippen molar-refractivity contribution < 1.29 is 9.90 Å². The van der Waals surface area contributed by atoms with Crippen molar-refractivity contribution in [3.8, 4) is 17.1 Å². The predicted molar refractivity (Wildman–Crippen MR) is 102 cm³/mol. The lowest BCUT2D eigenvalue weighted by Gasteiger charge is -2.02. The molecule has 0 radical (unpaired) electrons. The van der Waals surface area contributed by atoms with Gasteiger partial charge in [-0.05, 0) is 24.3 Å². The van der Waals surface area contributed by atoms with E-state index >= 15 is 0 Å². The molecule has 0 unspecified atom stereocenters. The third kappa shape index (κ3) is 2.68. The summed E-state index contributed by atoms with van der Waals surface area (Å²) in [7, 11) is 0. The smallest absolute Gasteiger partial charge is 0.280 e. The van der Waals surface area contributed by atoms with Gasteiger partial charge >= 0.3 is 0 Å². The number of carbonyl (C=O) groups excluding carboxylic acids is 1. The summed E-state index contributed by atoms with van der Waals surface area (Å²) >= 11 is 15.4. The Morgan fingerprint density at radius 2 is 1.64 bits per heavy atom. The third-order valence-corrected chi connectivity index (χ3v) is 5.24. The zero-order valence-electron chi connectivity index (χ0n) is 12.5. The van der Waals surface area contributed by atoms with E-state index < -0.39 is 5.91 Å². The number of carbonyl (C=O) groups is 1. The third-order valence-electron chi connectivity index (χ3n) is 3.97. The van der Waals surface area contributed by atoms with Gasteiger partial charge in [-0.15, -0.1) is 0 Å². The van der Waals surface area contributed by atoms with E-state index in [1.165, 1.54) is 0 Å². The van der Waals surface area contributed by atoms with E-state index in [0.29, 0.717) is 38.1 Å². The molecule has 0 atom stereocenters. The molecule has 25 heavy (non-hydrogen) atoms. The number of nitrogens with one attached hydrogen (secondary N) is 1. The Morgan fingerprint density at radius 1 is 0.960 bits per heavy atom. The maximum absolute atomic E-state index is 12.5. The monoisotopic (exact) mass is 434 g/mol. The van der Waals surface area contributed by atoms with Crippen LogP contribution in [-0.4, -0.2) is 21.7 Å². The first kappa shape index (κ1) is 16.4.